The molecule has 0 spiro atoms. The van der Waals surface area contributed by atoms with E-state index >= 15 is 0 Å². The van der Waals surface area contributed by atoms with E-state index < -0.39 is 0 Å². The van der Waals surface area contributed by atoms with E-state index in [4.69, 9.17) is 0 Å². The Morgan fingerprint density at radius 1 is 0.421 bits per heavy atom. The van der Waals surface area contributed by atoms with Crippen molar-refractivity contribution in [2.24, 2.45) is 0 Å². The summed E-state index contributed by atoms with van der Waals surface area (Å²) in [5, 5.41) is 3.49. The van der Waals surface area contributed by atoms with Crippen molar-refractivity contribution < 1.29 is 17.1 Å². The molecule has 2 atom stereocenters. The molecule has 0 bridgehead atoms. The van der Waals surface area contributed by atoms with Crippen LogP contribution in [0, 0.1) is 0 Å². The molecule has 4 fully saturated rings. The molecule has 4 aromatic carbocycles. The molecule has 0 aromatic heterocycles. The molecule has 4 aliphatic rings. The number of rotatable bonds is 12. The number of hydrogen-bond acceptors (Lipinski definition) is 2. The van der Waals surface area contributed by atoms with Gasteiger partial charge in [-0.05, 0) is 113 Å². The van der Waals surface area contributed by atoms with Gasteiger partial charge in [0.15, 0.2) is 0 Å². The summed E-state index contributed by atoms with van der Waals surface area (Å²) in [5.41, 5.74) is 9.91. The summed E-state index contributed by atoms with van der Waals surface area (Å²) < 4.78 is 0. The van der Waals surface area contributed by atoms with Crippen molar-refractivity contribution in [2.75, 3.05) is 28.2 Å². The van der Waals surface area contributed by atoms with Crippen molar-refractivity contribution in [1.82, 2.24) is 9.80 Å². The van der Waals surface area contributed by atoms with E-state index in [1.165, 1.54) is 140 Å². The van der Waals surface area contributed by atoms with E-state index in [2.05, 4.69) is 135 Å². The van der Waals surface area contributed by atoms with E-state index in [0.717, 1.165) is 22.6 Å². The van der Waals surface area contributed by atoms with E-state index in [1.807, 2.05) is 0 Å². The molecule has 4 saturated carbocycles. The largest absolute Gasteiger partial charge is 2.00 e. The minimum absolute atomic E-state index is 0. The maximum atomic E-state index is 2.52. The van der Waals surface area contributed by atoms with Crippen LogP contribution in [0.15, 0.2) is 97.1 Å². The fourth-order valence-electron chi connectivity index (χ4n) is 11.4. The maximum Gasteiger partial charge on any atom is 2.00 e. The maximum absolute atomic E-state index is 2.52. The second kappa shape index (κ2) is 22.9. The molecule has 0 aliphatic heterocycles. The van der Waals surface area contributed by atoms with Crippen LogP contribution in [0.1, 0.15) is 163 Å². The van der Waals surface area contributed by atoms with Gasteiger partial charge < -0.3 is 9.80 Å². The summed E-state index contributed by atoms with van der Waals surface area (Å²) >= 11 is 0. The monoisotopic (exact) mass is 844 g/mol. The molecule has 0 saturated heterocycles. The molecule has 5 heteroatoms. The van der Waals surface area contributed by atoms with Gasteiger partial charge in [0.25, 0.3) is 0 Å². The fraction of sp³-hybridized carbons (Fsp3) is 0.577. The molecule has 0 radical (unpaired) electrons. The van der Waals surface area contributed by atoms with Crippen molar-refractivity contribution in [3.05, 3.63) is 119 Å². The second-order valence-corrected chi connectivity index (χ2v) is 23.8. The Kier molecular flexibility index (Phi) is 18.1. The molecule has 2 nitrogen and oxygen atoms in total. The van der Waals surface area contributed by atoms with Gasteiger partial charge in [0.1, 0.15) is 0 Å². The number of nitrogens with zero attached hydrogens (tertiary/aromatic N) is 2. The smallest absolute Gasteiger partial charge is 0.310 e. The van der Waals surface area contributed by atoms with Gasteiger partial charge in [-0.3, -0.25) is 0 Å². The van der Waals surface area contributed by atoms with Crippen LogP contribution in [0.25, 0.3) is 0 Å². The quantitative estimate of drug-likeness (QED) is 0.0796. The van der Waals surface area contributed by atoms with Gasteiger partial charge in [-0.15, -0.1) is 10.6 Å². The van der Waals surface area contributed by atoms with Crippen molar-refractivity contribution in [3.63, 3.8) is 0 Å². The number of benzene rings is 2. The Labute approximate surface area is 362 Å². The summed E-state index contributed by atoms with van der Waals surface area (Å²) in [7, 11) is 8.89. The third-order valence-electron chi connectivity index (χ3n) is 13.9. The van der Waals surface area contributed by atoms with Gasteiger partial charge >= 0.3 is 17.1 Å². The molecule has 0 heterocycles. The molecule has 4 aliphatic carbocycles. The van der Waals surface area contributed by atoms with Gasteiger partial charge in [-0.25, -0.2) is 12.1 Å². The van der Waals surface area contributed by atoms with Crippen LogP contribution in [-0.4, -0.2) is 60.6 Å². The molecule has 310 valence electrons. The Hall–Kier alpha value is -1.56. The second-order valence-electron chi connectivity index (χ2n) is 18.3. The molecule has 4 aromatic rings. The van der Waals surface area contributed by atoms with Crippen molar-refractivity contribution in [3.8, 4) is 0 Å². The van der Waals surface area contributed by atoms with E-state index in [1.54, 1.807) is 21.7 Å². The van der Waals surface area contributed by atoms with E-state index in [-0.39, 0.29) is 32.9 Å². The molecule has 0 N–H and O–H groups in total. The van der Waals surface area contributed by atoms with Crippen LogP contribution in [0.3, 0.4) is 0 Å². The Morgan fingerprint density at radius 2 is 0.702 bits per heavy atom. The Bertz CT molecular complexity index is 1510. The third kappa shape index (κ3) is 11.4. The first-order chi connectivity index (χ1) is 27.5. The molecule has 8 rings (SSSR count). The zero-order valence-corrected chi connectivity index (χ0v) is 38.9. The summed E-state index contributed by atoms with van der Waals surface area (Å²) in [6.45, 7) is 0. The average molecular weight is 845 g/mol. The van der Waals surface area contributed by atoms with Crippen LogP contribution in [0.2, 0.25) is 0 Å². The van der Waals surface area contributed by atoms with Gasteiger partial charge in [-0.2, -0.15) is 35.4 Å². The van der Waals surface area contributed by atoms with Gasteiger partial charge in [0.2, 0.25) is 0 Å². The molecular weight excluding hydrogens is 770 g/mol. The van der Waals surface area contributed by atoms with E-state index in [0.29, 0.717) is 12.1 Å². The number of hydrogen-bond donors (Lipinski definition) is 0. The van der Waals surface area contributed by atoms with Crippen molar-refractivity contribution in [1.29, 1.82) is 0 Å². The fourth-order valence-corrected chi connectivity index (χ4v) is 19.3. The predicted octanol–water partition coefficient (Wildman–Crippen LogP) is 13.7. The van der Waals surface area contributed by atoms with Crippen molar-refractivity contribution in [2.45, 2.75) is 163 Å². The first-order valence-corrected chi connectivity index (χ1v) is 26.0. The minimum atomic E-state index is -0.0501. The minimum Gasteiger partial charge on any atom is -0.310 e. The summed E-state index contributed by atoms with van der Waals surface area (Å²) in [6.07, 6.45) is 29.3. The summed E-state index contributed by atoms with van der Waals surface area (Å²) in [5.74, 6) is 0. The van der Waals surface area contributed by atoms with Crippen LogP contribution in [0.4, 0.5) is 0 Å². The molecule has 57 heavy (non-hydrogen) atoms. The van der Waals surface area contributed by atoms with Crippen molar-refractivity contribution >= 4 is 26.5 Å². The molecule has 2 unspecified atom stereocenters. The summed E-state index contributed by atoms with van der Waals surface area (Å²) in [4.78, 5) is 4.84. The Morgan fingerprint density at radius 3 is 0.965 bits per heavy atom. The molecule has 0 amide bonds. The van der Waals surface area contributed by atoms with Gasteiger partial charge in [0.05, 0.1) is 0 Å². The third-order valence-corrected chi connectivity index (χ3v) is 21.1. The van der Waals surface area contributed by atoms with Crippen LogP contribution >= 0.6 is 15.8 Å². The van der Waals surface area contributed by atoms with Crippen LogP contribution in [-0.2, 0) is 17.1 Å². The normalized spacial score (nSPS) is 20.4. The van der Waals surface area contributed by atoms with Gasteiger partial charge in [-0.1, -0.05) is 154 Å². The van der Waals surface area contributed by atoms with E-state index in [9.17, 15) is 0 Å². The zero-order chi connectivity index (χ0) is 38.7. The molecular formula is C52H74FeN2P2. The topological polar surface area (TPSA) is 6.48 Å². The first-order valence-electron chi connectivity index (χ1n) is 23.0. The van der Waals surface area contributed by atoms with Gasteiger partial charge in [0, 0.05) is 12.1 Å². The zero-order valence-electron chi connectivity index (χ0n) is 36.0. The first kappa shape index (κ1) is 45.0. The average Bonchev–Trinajstić information content (AvgIpc) is 3.91. The SMILES string of the molecule is CN(C)C(c1ccccc1)c1cc[cH-]c1P(C1CCCCC1)C1CCCCC1.CN(C)C(c1ccccc1)c1cc[cH-]c1P(C1CCCCC1)C1CCCCC1.[Fe+2]. The predicted molar refractivity (Wildman–Crippen MR) is 249 cm³/mol. The van der Waals surface area contributed by atoms with Crippen LogP contribution in [0.5, 0.6) is 0 Å². The standard InChI is InChI=1S/2C26H37NP.Fe/c2*1-27(2)26(21-13-6-3-7-14-21)24-19-12-20-25(24)28(22-15-8-4-9-16-22)23-17-10-5-11-18-23;/h2*3,6-7,12-14,19-20,22-23,26H,4-5,8-11,15-18H2,1-2H3;/q2*-1;+2. The van der Waals surface area contributed by atoms with Crippen LogP contribution < -0.4 is 10.6 Å². The summed E-state index contributed by atoms with van der Waals surface area (Å²) in [6, 6.07) is 37.7. The Balaban J connectivity index is 0.000000189.